The van der Waals surface area contributed by atoms with Crippen LogP contribution in [0, 0.1) is 17.8 Å². The third-order valence-corrected chi connectivity index (χ3v) is 9.65. The predicted molar refractivity (Wildman–Crippen MR) is 215 cm³/mol. The number of carboxylic acid groups (broad SMARTS) is 2. The molecule has 318 valence electrons. The van der Waals surface area contributed by atoms with Gasteiger partial charge < -0.3 is 53.0 Å². The average molecular weight is 811 g/mol. The van der Waals surface area contributed by atoms with Crippen LogP contribution in [-0.2, 0) is 44.7 Å². The number of benzene rings is 1. The molecule has 1 aliphatic rings. The van der Waals surface area contributed by atoms with Crippen molar-refractivity contribution in [2.75, 3.05) is 13.7 Å². The van der Waals surface area contributed by atoms with Crippen molar-refractivity contribution in [1.29, 1.82) is 0 Å². The first-order chi connectivity index (χ1) is 27.4. The van der Waals surface area contributed by atoms with Gasteiger partial charge in [0.25, 0.3) is 5.91 Å². The maximum Gasteiger partial charge on any atom is 0.327 e. The van der Waals surface area contributed by atoms with Crippen LogP contribution in [0.4, 0.5) is 0 Å². The van der Waals surface area contributed by atoms with Gasteiger partial charge >= 0.3 is 11.9 Å². The standard InChI is InChI=1S/C40H58N8O10/c1-7-27-36(52)48-33(39(56)57)25(5)35(51)46-29(14-11-19-43-40(41)42)37(53)45-28(24(4)34(50)47-30(38(54)55)17-18-32(49)44-27)16-15-22(2)20-23(3)31(58-6)21-26-12-9-8-10-13-26/h7-10,12-13,15-16,20,23-25,28-31,33H,11,14,17-19,21H2,1-6H3,(H,44,49)(H,45,53)(H,46,51)(H,47,50)(H,48,52)(H,54,55)(H,56,57)(H4,41,42,43). The maximum absolute atomic E-state index is 14.0. The lowest BCUT2D eigenvalue weighted by atomic mass is 9.94. The van der Waals surface area contributed by atoms with E-state index in [1.54, 1.807) is 19.3 Å². The molecule has 1 aliphatic heterocycles. The quantitative estimate of drug-likeness (QED) is 0.0436. The molecular formula is C40H58N8O10. The second kappa shape index (κ2) is 23.9. The molecule has 11 N–H and O–H groups in total. The summed E-state index contributed by atoms with van der Waals surface area (Å²) in [7, 11) is 1.63. The van der Waals surface area contributed by atoms with Crippen LogP contribution < -0.4 is 38.1 Å². The van der Waals surface area contributed by atoms with Gasteiger partial charge in [0.1, 0.15) is 23.8 Å². The normalized spacial score (nSPS) is 25.1. The Balaban J connectivity index is 2.60. The lowest BCUT2D eigenvalue weighted by Gasteiger charge is -2.27. The lowest BCUT2D eigenvalue weighted by Crippen LogP contribution is -2.56. The first-order valence-electron chi connectivity index (χ1n) is 19.0. The summed E-state index contributed by atoms with van der Waals surface area (Å²) >= 11 is 0. The fourth-order valence-corrected chi connectivity index (χ4v) is 6.09. The van der Waals surface area contributed by atoms with Crippen LogP contribution in [0.3, 0.4) is 0 Å². The van der Waals surface area contributed by atoms with Gasteiger partial charge in [0.15, 0.2) is 5.96 Å². The number of carboxylic acids is 2. The summed E-state index contributed by atoms with van der Waals surface area (Å²) in [6, 6.07) is 4.11. The molecule has 1 heterocycles. The number of rotatable bonds is 13. The highest BCUT2D eigenvalue weighted by Gasteiger charge is 2.36. The van der Waals surface area contributed by atoms with Crippen LogP contribution in [0.2, 0.25) is 0 Å². The molecule has 1 saturated heterocycles. The summed E-state index contributed by atoms with van der Waals surface area (Å²) in [6.45, 7) is 8.02. The molecule has 1 aromatic rings. The monoisotopic (exact) mass is 810 g/mol. The van der Waals surface area contributed by atoms with E-state index in [0.717, 1.165) is 11.1 Å². The summed E-state index contributed by atoms with van der Waals surface area (Å²) < 4.78 is 5.78. The van der Waals surface area contributed by atoms with Gasteiger partial charge in [0.05, 0.1) is 24.0 Å². The van der Waals surface area contributed by atoms with Crippen LogP contribution >= 0.6 is 0 Å². The van der Waals surface area contributed by atoms with Gasteiger partial charge in [-0.3, -0.25) is 29.0 Å². The Bertz CT molecular complexity index is 1740. The van der Waals surface area contributed by atoms with Crippen molar-refractivity contribution in [2.24, 2.45) is 34.2 Å². The van der Waals surface area contributed by atoms with Crippen LogP contribution in [0.15, 0.2) is 70.9 Å². The number of nitrogens with two attached hydrogens (primary N) is 2. The van der Waals surface area contributed by atoms with Gasteiger partial charge in [0.2, 0.25) is 23.6 Å². The lowest BCUT2D eigenvalue weighted by molar-refractivity contribution is -0.146. The van der Waals surface area contributed by atoms with Crippen molar-refractivity contribution in [3.63, 3.8) is 0 Å². The predicted octanol–water partition coefficient (Wildman–Crippen LogP) is 0.631. The Kier molecular flexibility index (Phi) is 19.8. The Hall–Kier alpha value is -6.04. The van der Waals surface area contributed by atoms with Gasteiger partial charge in [0, 0.05) is 26.0 Å². The van der Waals surface area contributed by atoms with E-state index in [2.05, 4.69) is 31.6 Å². The van der Waals surface area contributed by atoms with E-state index in [0.29, 0.717) is 6.42 Å². The number of methoxy groups -OCH3 is 1. The van der Waals surface area contributed by atoms with Crippen LogP contribution in [0.5, 0.6) is 0 Å². The third-order valence-electron chi connectivity index (χ3n) is 9.65. The number of nitrogens with one attached hydrogen (secondary N) is 5. The number of ether oxygens (including phenoxy) is 1. The summed E-state index contributed by atoms with van der Waals surface area (Å²) in [5, 5.41) is 32.3. The van der Waals surface area contributed by atoms with E-state index in [1.165, 1.54) is 26.8 Å². The minimum absolute atomic E-state index is 0.0334. The molecular weight excluding hydrogens is 752 g/mol. The highest BCUT2D eigenvalue weighted by atomic mass is 16.5. The van der Waals surface area contributed by atoms with Gasteiger partial charge in [-0.05, 0) is 45.1 Å². The maximum atomic E-state index is 14.0. The first kappa shape index (κ1) is 48.1. The molecule has 1 fully saturated rings. The smallest absolute Gasteiger partial charge is 0.327 e. The van der Waals surface area contributed by atoms with Crippen molar-refractivity contribution in [2.45, 2.75) is 97.0 Å². The zero-order valence-electron chi connectivity index (χ0n) is 33.8. The first-order valence-corrected chi connectivity index (χ1v) is 19.0. The molecule has 0 spiro atoms. The number of allylic oxidation sites excluding steroid dienone is 3. The highest BCUT2D eigenvalue weighted by Crippen LogP contribution is 2.18. The highest BCUT2D eigenvalue weighted by molar-refractivity contribution is 6.00. The fourth-order valence-electron chi connectivity index (χ4n) is 6.09. The number of guanidine groups is 1. The molecule has 0 aliphatic carbocycles. The van der Waals surface area contributed by atoms with E-state index >= 15 is 0 Å². The van der Waals surface area contributed by atoms with E-state index in [1.807, 2.05) is 50.3 Å². The topological polar surface area (TPSA) is 294 Å². The number of aliphatic carboxylic acids is 2. The van der Waals surface area contributed by atoms with Gasteiger partial charge in [-0.1, -0.05) is 81.0 Å². The molecule has 58 heavy (non-hydrogen) atoms. The number of amides is 5. The van der Waals surface area contributed by atoms with Crippen molar-refractivity contribution >= 4 is 47.4 Å². The Morgan fingerprint density at radius 2 is 1.60 bits per heavy atom. The Labute approximate surface area is 338 Å². The number of aliphatic imine (C=N–C) groups is 1. The van der Waals surface area contributed by atoms with E-state index in [4.69, 9.17) is 16.2 Å². The number of nitrogens with zero attached hydrogens (tertiary/aromatic N) is 1. The molecule has 0 radical (unpaired) electrons. The fraction of sp³-hybridized carbons (Fsp3) is 0.500. The van der Waals surface area contributed by atoms with Crippen molar-refractivity contribution in [3.8, 4) is 0 Å². The molecule has 5 amide bonds. The van der Waals surface area contributed by atoms with Crippen molar-refractivity contribution in [1.82, 2.24) is 26.6 Å². The molecule has 1 aromatic carbocycles. The molecule has 8 atom stereocenters. The number of hydrogen-bond acceptors (Lipinski definition) is 9. The van der Waals surface area contributed by atoms with Crippen LogP contribution in [0.1, 0.15) is 65.9 Å². The number of hydrogen-bond donors (Lipinski definition) is 9. The van der Waals surface area contributed by atoms with E-state index < -0.39 is 83.9 Å². The molecule has 0 saturated carbocycles. The molecule has 0 bridgehead atoms. The van der Waals surface area contributed by atoms with Crippen molar-refractivity contribution in [3.05, 3.63) is 71.5 Å². The average Bonchev–Trinajstić information content (AvgIpc) is 3.17. The summed E-state index contributed by atoms with van der Waals surface area (Å²) in [4.78, 5) is 95.6. The summed E-state index contributed by atoms with van der Waals surface area (Å²) in [5.41, 5.74) is 12.4. The second-order valence-electron chi connectivity index (χ2n) is 14.2. The zero-order valence-corrected chi connectivity index (χ0v) is 33.8. The van der Waals surface area contributed by atoms with E-state index in [9.17, 15) is 43.8 Å². The van der Waals surface area contributed by atoms with Gasteiger partial charge in [-0.2, -0.15) is 0 Å². The largest absolute Gasteiger partial charge is 0.480 e. The third kappa shape index (κ3) is 15.8. The van der Waals surface area contributed by atoms with Gasteiger partial charge in [-0.25, -0.2) is 9.59 Å². The van der Waals surface area contributed by atoms with Crippen LogP contribution in [0.25, 0.3) is 0 Å². The summed E-state index contributed by atoms with van der Waals surface area (Å²) in [5.74, 6) is -10.1. The molecule has 0 aromatic heterocycles. The second-order valence-corrected chi connectivity index (χ2v) is 14.2. The number of carbonyl (C=O) groups is 7. The molecule has 8 unspecified atom stereocenters. The SMILES string of the molecule is CC=C1NC(=O)CCC(C(=O)O)NC(=O)C(C)C(C=CC(C)=CC(C)C(Cc2ccccc2)OC)NC(=O)C(CCCN=C(N)N)NC(=O)C(C)C(C(=O)O)NC1=O. The van der Waals surface area contributed by atoms with E-state index in [-0.39, 0.29) is 49.5 Å². The van der Waals surface area contributed by atoms with Crippen molar-refractivity contribution < 1.29 is 48.5 Å². The minimum Gasteiger partial charge on any atom is -0.480 e. The van der Waals surface area contributed by atoms with Crippen LogP contribution in [-0.4, -0.2) is 102 Å². The Morgan fingerprint density at radius 1 is 0.948 bits per heavy atom. The molecule has 18 heteroatoms. The zero-order chi connectivity index (χ0) is 43.5. The van der Waals surface area contributed by atoms with Gasteiger partial charge in [-0.15, -0.1) is 0 Å². The summed E-state index contributed by atoms with van der Waals surface area (Å²) in [6.07, 6.45) is 6.24. The molecule has 18 nitrogen and oxygen atoms in total. The number of carbonyl (C=O) groups excluding carboxylic acids is 5. The Morgan fingerprint density at radius 3 is 2.19 bits per heavy atom. The molecule has 2 rings (SSSR count). The minimum atomic E-state index is -1.80.